The van der Waals surface area contributed by atoms with Crippen LogP contribution in [0.5, 0.6) is 5.75 Å². The molecule has 1 saturated heterocycles. The predicted molar refractivity (Wildman–Crippen MR) is 118 cm³/mol. The van der Waals surface area contributed by atoms with Crippen LogP contribution in [0.3, 0.4) is 0 Å². The van der Waals surface area contributed by atoms with Crippen molar-refractivity contribution in [2.45, 2.75) is 45.8 Å². The highest BCUT2D eigenvalue weighted by Crippen LogP contribution is 2.20. The SMILES string of the molecule is CC(C)Oc1cccc(CC(=O)Nc2ccc(CN3CCCC(C(N)=O)C3)cc2)c1. The number of carbonyl (C=O) groups excluding carboxylic acids is 2. The van der Waals surface area contributed by atoms with E-state index in [0.717, 1.165) is 48.5 Å². The number of ether oxygens (including phenoxy) is 1. The van der Waals surface area contributed by atoms with E-state index in [0.29, 0.717) is 13.0 Å². The fraction of sp³-hybridized carbons (Fsp3) is 0.417. The predicted octanol–water partition coefficient (Wildman–Crippen LogP) is 3.35. The smallest absolute Gasteiger partial charge is 0.228 e. The molecule has 6 nitrogen and oxygen atoms in total. The summed E-state index contributed by atoms with van der Waals surface area (Å²) in [6, 6.07) is 15.5. The molecule has 0 radical (unpaired) electrons. The molecule has 0 spiro atoms. The monoisotopic (exact) mass is 409 g/mol. The van der Waals surface area contributed by atoms with Gasteiger partial charge in [-0.15, -0.1) is 0 Å². The fourth-order valence-electron chi connectivity index (χ4n) is 3.77. The van der Waals surface area contributed by atoms with Crippen LogP contribution in [0.1, 0.15) is 37.8 Å². The molecular weight excluding hydrogens is 378 g/mol. The van der Waals surface area contributed by atoms with Crippen molar-refractivity contribution in [3.8, 4) is 5.75 Å². The van der Waals surface area contributed by atoms with E-state index < -0.39 is 0 Å². The van der Waals surface area contributed by atoms with E-state index >= 15 is 0 Å². The zero-order valence-corrected chi connectivity index (χ0v) is 17.8. The van der Waals surface area contributed by atoms with E-state index in [1.54, 1.807) is 0 Å². The van der Waals surface area contributed by atoms with Crippen LogP contribution in [0.25, 0.3) is 0 Å². The normalized spacial score (nSPS) is 17.0. The van der Waals surface area contributed by atoms with Crippen molar-refractivity contribution >= 4 is 17.5 Å². The first-order valence-electron chi connectivity index (χ1n) is 10.5. The zero-order valence-electron chi connectivity index (χ0n) is 17.8. The van der Waals surface area contributed by atoms with Crippen LogP contribution in [-0.4, -0.2) is 35.9 Å². The number of amides is 2. The standard InChI is InChI=1S/C24H31N3O3/c1-17(2)30-22-7-3-5-19(13-22)14-23(28)26-21-10-8-18(9-11-21)15-27-12-4-6-20(16-27)24(25)29/h3,5,7-11,13,17,20H,4,6,12,14-16H2,1-2H3,(H2,25,29)(H,26,28). The fourth-order valence-corrected chi connectivity index (χ4v) is 3.77. The highest BCUT2D eigenvalue weighted by atomic mass is 16.5. The van der Waals surface area contributed by atoms with Crippen LogP contribution >= 0.6 is 0 Å². The minimum Gasteiger partial charge on any atom is -0.491 e. The first-order chi connectivity index (χ1) is 14.4. The van der Waals surface area contributed by atoms with Gasteiger partial charge >= 0.3 is 0 Å². The Balaban J connectivity index is 1.51. The molecule has 3 rings (SSSR count). The van der Waals surface area contributed by atoms with E-state index in [1.807, 2.05) is 62.4 Å². The highest BCUT2D eigenvalue weighted by Gasteiger charge is 2.23. The Bertz CT molecular complexity index is 864. The summed E-state index contributed by atoms with van der Waals surface area (Å²) in [6.07, 6.45) is 2.26. The van der Waals surface area contributed by atoms with Crippen LogP contribution in [0.2, 0.25) is 0 Å². The van der Waals surface area contributed by atoms with Crippen molar-refractivity contribution < 1.29 is 14.3 Å². The van der Waals surface area contributed by atoms with Gasteiger partial charge < -0.3 is 15.8 Å². The van der Waals surface area contributed by atoms with Crippen molar-refractivity contribution in [1.82, 2.24) is 4.90 Å². The molecular formula is C24H31N3O3. The van der Waals surface area contributed by atoms with Crippen LogP contribution in [0.4, 0.5) is 5.69 Å². The number of primary amides is 1. The molecule has 0 saturated carbocycles. The average molecular weight is 410 g/mol. The third-order valence-corrected chi connectivity index (χ3v) is 5.19. The molecule has 160 valence electrons. The quantitative estimate of drug-likeness (QED) is 0.700. The second-order valence-corrected chi connectivity index (χ2v) is 8.21. The van der Waals surface area contributed by atoms with Crippen LogP contribution in [0, 0.1) is 5.92 Å². The molecule has 1 heterocycles. The summed E-state index contributed by atoms with van der Waals surface area (Å²) in [7, 11) is 0. The number of benzene rings is 2. The number of hydrogen-bond acceptors (Lipinski definition) is 4. The summed E-state index contributed by atoms with van der Waals surface area (Å²) >= 11 is 0. The maximum absolute atomic E-state index is 12.4. The average Bonchev–Trinajstić information content (AvgIpc) is 2.69. The lowest BCUT2D eigenvalue weighted by molar-refractivity contribution is -0.123. The molecule has 2 aromatic carbocycles. The number of nitrogens with zero attached hydrogens (tertiary/aromatic N) is 1. The second-order valence-electron chi connectivity index (χ2n) is 8.21. The number of anilines is 1. The van der Waals surface area contributed by atoms with Gasteiger partial charge in [0.25, 0.3) is 0 Å². The minimum absolute atomic E-state index is 0.0539. The lowest BCUT2D eigenvalue weighted by Gasteiger charge is -2.31. The number of nitrogens with two attached hydrogens (primary N) is 1. The number of hydrogen-bond donors (Lipinski definition) is 2. The number of nitrogens with one attached hydrogen (secondary N) is 1. The van der Waals surface area contributed by atoms with E-state index in [1.165, 1.54) is 0 Å². The van der Waals surface area contributed by atoms with E-state index in [2.05, 4.69) is 10.2 Å². The summed E-state index contributed by atoms with van der Waals surface area (Å²) in [5.41, 5.74) is 8.29. The third-order valence-electron chi connectivity index (χ3n) is 5.19. The number of likely N-dealkylation sites (tertiary alicyclic amines) is 1. The molecule has 2 aromatic rings. The molecule has 6 heteroatoms. The van der Waals surface area contributed by atoms with Crippen molar-refractivity contribution in [1.29, 1.82) is 0 Å². The molecule has 0 aliphatic carbocycles. The van der Waals surface area contributed by atoms with E-state index in [-0.39, 0.29) is 23.8 Å². The van der Waals surface area contributed by atoms with E-state index in [4.69, 9.17) is 10.5 Å². The summed E-state index contributed by atoms with van der Waals surface area (Å²) in [4.78, 5) is 26.1. The lowest BCUT2D eigenvalue weighted by atomic mass is 9.97. The Morgan fingerprint density at radius 2 is 1.93 bits per heavy atom. The Labute approximate surface area is 178 Å². The van der Waals surface area contributed by atoms with Crippen LogP contribution in [-0.2, 0) is 22.6 Å². The number of rotatable bonds is 8. The number of carbonyl (C=O) groups is 2. The third kappa shape index (κ3) is 6.59. The van der Waals surface area contributed by atoms with Crippen molar-refractivity contribution in [3.63, 3.8) is 0 Å². The topological polar surface area (TPSA) is 84.7 Å². The maximum Gasteiger partial charge on any atom is 0.228 e. The molecule has 3 N–H and O–H groups in total. The van der Waals surface area contributed by atoms with Gasteiger partial charge in [-0.05, 0) is 68.6 Å². The summed E-state index contributed by atoms with van der Waals surface area (Å²) in [6.45, 7) is 6.42. The Hall–Kier alpha value is -2.86. The minimum atomic E-state index is -0.209. The molecule has 30 heavy (non-hydrogen) atoms. The summed E-state index contributed by atoms with van der Waals surface area (Å²) < 4.78 is 5.69. The van der Waals surface area contributed by atoms with Gasteiger partial charge in [-0.2, -0.15) is 0 Å². The molecule has 1 atom stereocenters. The number of piperidine rings is 1. The Morgan fingerprint density at radius 3 is 2.63 bits per heavy atom. The van der Waals surface area contributed by atoms with Gasteiger partial charge in [0.15, 0.2) is 0 Å². The Morgan fingerprint density at radius 1 is 1.17 bits per heavy atom. The second kappa shape index (κ2) is 10.3. The van der Waals surface area contributed by atoms with Crippen molar-refractivity contribution in [3.05, 3.63) is 59.7 Å². The van der Waals surface area contributed by atoms with E-state index in [9.17, 15) is 9.59 Å². The highest BCUT2D eigenvalue weighted by molar-refractivity contribution is 5.92. The molecule has 1 aliphatic heterocycles. The molecule has 2 amide bonds. The van der Waals surface area contributed by atoms with Gasteiger partial charge in [0, 0.05) is 18.8 Å². The van der Waals surface area contributed by atoms with Crippen LogP contribution < -0.4 is 15.8 Å². The van der Waals surface area contributed by atoms with Gasteiger partial charge in [0.05, 0.1) is 18.4 Å². The van der Waals surface area contributed by atoms with Crippen molar-refractivity contribution in [2.75, 3.05) is 18.4 Å². The largest absolute Gasteiger partial charge is 0.491 e. The van der Waals surface area contributed by atoms with Gasteiger partial charge in [0.1, 0.15) is 5.75 Å². The molecule has 1 unspecified atom stereocenters. The van der Waals surface area contributed by atoms with Crippen molar-refractivity contribution in [2.24, 2.45) is 11.7 Å². The zero-order chi connectivity index (χ0) is 21.5. The molecule has 1 aliphatic rings. The summed E-state index contributed by atoms with van der Waals surface area (Å²) in [5, 5.41) is 2.95. The van der Waals surface area contributed by atoms with Gasteiger partial charge in [-0.25, -0.2) is 0 Å². The first-order valence-corrected chi connectivity index (χ1v) is 10.5. The lowest BCUT2D eigenvalue weighted by Crippen LogP contribution is -2.40. The molecule has 1 fully saturated rings. The molecule has 0 aromatic heterocycles. The Kier molecular flexibility index (Phi) is 7.46. The van der Waals surface area contributed by atoms with Gasteiger partial charge in [-0.3, -0.25) is 14.5 Å². The molecule has 0 bridgehead atoms. The van der Waals surface area contributed by atoms with Crippen LogP contribution in [0.15, 0.2) is 48.5 Å². The maximum atomic E-state index is 12.4. The summed E-state index contributed by atoms with van der Waals surface area (Å²) in [5.74, 6) is 0.446. The first kappa shape index (κ1) is 21.8. The van der Waals surface area contributed by atoms with Gasteiger partial charge in [0.2, 0.25) is 11.8 Å². The van der Waals surface area contributed by atoms with Gasteiger partial charge in [-0.1, -0.05) is 24.3 Å².